The van der Waals surface area contributed by atoms with E-state index in [9.17, 15) is 9.59 Å². The molecule has 3 heteroatoms. The fourth-order valence-corrected chi connectivity index (χ4v) is 2.48. The summed E-state index contributed by atoms with van der Waals surface area (Å²) in [6.07, 6.45) is 4.00. The van der Waals surface area contributed by atoms with Crippen molar-refractivity contribution in [3.8, 4) is 0 Å². The molecule has 1 aliphatic heterocycles. The van der Waals surface area contributed by atoms with Gasteiger partial charge in [0.1, 0.15) is 11.6 Å². The van der Waals surface area contributed by atoms with Gasteiger partial charge in [-0.2, -0.15) is 0 Å². The van der Waals surface area contributed by atoms with Crippen LogP contribution in [-0.4, -0.2) is 17.3 Å². The van der Waals surface area contributed by atoms with Crippen molar-refractivity contribution >= 4 is 22.5 Å². The Hall–Kier alpha value is -0.830. The average Bonchev–Trinajstić information content (AvgIpc) is 2.37. The van der Waals surface area contributed by atoms with E-state index in [4.69, 9.17) is 0 Å². The van der Waals surface area contributed by atoms with E-state index in [2.05, 4.69) is 0 Å². The lowest BCUT2D eigenvalue weighted by atomic mass is 10.2. The number of carbonyl (C=O) groups excluding carboxylic acids is 2. The third kappa shape index (κ3) is 3.05. The predicted octanol–water partition coefficient (Wildman–Crippen LogP) is 1.58. The van der Waals surface area contributed by atoms with E-state index in [-0.39, 0.29) is 28.9 Å². The Balaban J connectivity index is 2.31. The van der Waals surface area contributed by atoms with E-state index in [0.29, 0.717) is 5.75 Å². The van der Waals surface area contributed by atoms with Crippen LogP contribution in [0.4, 0.5) is 0 Å². The highest BCUT2D eigenvalue weighted by Gasteiger charge is 2.08. The standard InChI is InChI=1S/C9H12O2S/c1-8(10)6-9(11)7-12-4-2-3-5-12/h2-5,12H,6-7H2,1H3. The maximum Gasteiger partial charge on any atom is 0.148 e. The van der Waals surface area contributed by atoms with E-state index in [0.717, 1.165) is 0 Å². The summed E-state index contributed by atoms with van der Waals surface area (Å²) >= 11 is 0. The highest BCUT2D eigenvalue weighted by molar-refractivity contribution is 8.22. The van der Waals surface area contributed by atoms with E-state index in [1.165, 1.54) is 6.92 Å². The number of Topliss-reactive ketones (excluding diaryl/α,β-unsaturated/α-hetero) is 2. The molecule has 0 radical (unpaired) electrons. The largest absolute Gasteiger partial charge is 0.300 e. The minimum Gasteiger partial charge on any atom is -0.300 e. The van der Waals surface area contributed by atoms with E-state index < -0.39 is 0 Å². The number of hydrogen-bond acceptors (Lipinski definition) is 2. The summed E-state index contributed by atoms with van der Waals surface area (Å²) < 4.78 is 0. The molecule has 1 heterocycles. The molecule has 0 N–H and O–H groups in total. The summed E-state index contributed by atoms with van der Waals surface area (Å²) in [5.41, 5.74) is 0. The number of carbonyl (C=O) groups is 2. The number of rotatable bonds is 4. The fraction of sp³-hybridized carbons (Fsp3) is 0.333. The summed E-state index contributed by atoms with van der Waals surface area (Å²) in [5.74, 6) is 0.550. The maximum absolute atomic E-state index is 11.1. The molecule has 1 aliphatic rings. The zero-order chi connectivity index (χ0) is 8.97. The number of hydrogen-bond donors (Lipinski definition) is 1. The molecule has 0 atom stereocenters. The van der Waals surface area contributed by atoms with Crippen LogP contribution in [0, 0.1) is 0 Å². The van der Waals surface area contributed by atoms with Crippen LogP contribution in [-0.2, 0) is 9.59 Å². The van der Waals surface area contributed by atoms with Gasteiger partial charge in [-0.1, -0.05) is 12.2 Å². The number of ketones is 2. The summed E-state index contributed by atoms with van der Waals surface area (Å²) in [6, 6.07) is 0. The van der Waals surface area contributed by atoms with Crippen molar-refractivity contribution in [2.24, 2.45) is 0 Å². The summed E-state index contributed by atoms with van der Waals surface area (Å²) in [4.78, 5) is 21.7. The first-order chi connectivity index (χ1) is 5.68. The molecule has 1 rings (SSSR count). The molecule has 0 unspecified atom stereocenters. The Labute approximate surface area is 74.7 Å². The highest BCUT2D eigenvalue weighted by atomic mass is 32.2. The molecule has 0 spiro atoms. The van der Waals surface area contributed by atoms with Gasteiger partial charge in [-0.15, -0.1) is 0 Å². The van der Waals surface area contributed by atoms with Gasteiger partial charge in [0.05, 0.1) is 6.42 Å². The molecule has 0 aliphatic carbocycles. The van der Waals surface area contributed by atoms with Crippen LogP contribution in [0.3, 0.4) is 0 Å². The second-order valence-electron chi connectivity index (χ2n) is 2.77. The zero-order valence-electron chi connectivity index (χ0n) is 6.99. The lowest BCUT2D eigenvalue weighted by Crippen LogP contribution is -2.07. The quantitative estimate of drug-likeness (QED) is 0.531. The minimum atomic E-state index is -0.378. The molecule has 66 valence electrons. The number of thiol groups is 1. The van der Waals surface area contributed by atoms with Crippen LogP contribution in [0.5, 0.6) is 0 Å². The Kier molecular flexibility index (Phi) is 3.29. The molecule has 12 heavy (non-hydrogen) atoms. The SMILES string of the molecule is CC(=O)CC(=O)C[SH]1C=CC=C1. The smallest absolute Gasteiger partial charge is 0.148 e. The Bertz CT molecular complexity index is 241. The van der Waals surface area contributed by atoms with Crippen LogP contribution >= 0.6 is 10.9 Å². The van der Waals surface area contributed by atoms with Crippen LogP contribution in [0.15, 0.2) is 23.0 Å². The van der Waals surface area contributed by atoms with Gasteiger partial charge >= 0.3 is 0 Å². The van der Waals surface area contributed by atoms with Gasteiger partial charge in [-0.05, 0) is 17.7 Å². The van der Waals surface area contributed by atoms with Crippen molar-refractivity contribution in [1.29, 1.82) is 0 Å². The Morgan fingerprint density at radius 3 is 2.33 bits per heavy atom. The van der Waals surface area contributed by atoms with Crippen molar-refractivity contribution in [3.63, 3.8) is 0 Å². The van der Waals surface area contributed by atoms with Crippen molar-refractivity contribution in [2.45, 2.75) is 13.3 Å². The van der Waals surface area contributed by atoms with Crippen LogP contribution < -0.4 is 0 Å². The molecule has 0 aromatic carbocycles. The van der Waals surface area contributed by atoms with Crippen molar-refractivity contribution < 1.29 is 9.59 Å². The lowest BCUT2D eigenvalue weighted by molar-refractivity contribution is -0.124. The van der Waals surface area contributed by atoms with E-state index in [1.54, 1.807) is 0 Å². The molecule has 2 nitrogen and oxygen atoms in total. The normalized spacial score (nSPS) is 16.9. The van der Waals surface area contributed by atoms with Gasteiger partial charge in [-0.3, -0.25) is 9.59 Å². The maximum atomic E-state index is 11.1. The zero-order valence-corrected chi connectivity index (χ0v) is 7.88. The summed E-state index contributed by atoms with van der Waals surface area (Å²) in [6.45, 7) is 1.45. The van der Waals surface area contributed by atoms with Gasteiger partial charge in [0, 0.05) is 5.75 Å². The van der Waals surface area contributed by atoms with Gasteiger partial charge in [0.2, 0.25) is 0 Å². The monoisotopic (exact) mass is 184 g/mol. The van der Waals surface area contributed by atoms with Crippen molar-refractivity contribution in [1.82, 2.24) is 0 Å². The third-order valence-electron chi connectivity index (χ3n) is 1.47. The van der Waals surface area contributed by atoms with Crippen molar-refractivity contribution in [3.05, 3.63) is 23.0 Å². The van der Waals surface area contributed by atoms with Gasteiger partial charge in [-0.25, -0.2) is 10.9 Å². The molecular weight excluding hydrogens is 172 g/mol. The fourth-order valence-electron chi connectivity index (χ4n) is 1.01. The molecule has 0 aromatic heterocycles. The number of allylic oxidation sites excluding steroid dienone is 2. The topological polar surface area (TPSA) is 34.1 Å². The second kappa shape index (κ2) is 4.26. The average molecular weight is 184 g/mol. The predicted molar refractivity (Wildman–Crippen MR) is 52.4 cm³/mol. The molecule has 0 fully saturated rings. The van der Waals surface area contributed by atoms with E-state index >= 15 is 0 Å². The van der Waals surface area contributed by atoms with Crippen LogP contribution in [0.1, 0.15) is 13.3 Å². The van der Waals surface area contributed by atoms with Crippen LogP contribution in [0.2, 0.25) is 0 Å². The first kappa shape index (κ1) is 9.26. The Morgan fingerprint density at radius 2 is 1.83 bits per heavy atom. The second-order valence-corrected chi connectivity index (χ2v) is 4.71. The Morgan fingerprint density at radius 1 is 1.25 bits per heavy atom. The van der Waals surface area contributed by atoms with E-state index in [1.807, 2.05) is 23.0 Å². The lowest BCUT2D eigenvalue weighted by Gasteiger charge is -2.06. The minimum absolute atomic E-state index is 0.0397. The highest BCUT2D eigenvalue weighted by Crippen LogP contribution is 2.32. The van der Waals surface area contributed by atoms with Gasteiger partial charge < -0.3 is 0 Å². The first-order valence-corrected chi connectivity index (χ1v) is 5.47. The third-order valence-corrected chi connectivity index (χ3v) is 3.30. The van der Waals surface area contributed by atoms with Gasteiger partial charge in [0.25, 0.3) is 0 Å². The molecule has 0 saturated heterocycles. The molecule has 0 saturated carbocycles. The molecule has 0 bridgehead atoms. The van der Waals surface area contributed by atoms with Crippen molar-refractivity contribution in [2.75, 3.05) is 5.75 Å². The molecule has 0 amide bonds. The summed E-state index contributed by atoms with van der Waals surface area (Å²) in [7, 11) is -0.378. The molecular formula is C9H12O2S. The summed E-state index contributed by atoms with van der Waals surface area (Å²) in [5, 5.41) is 4.07. The van der Waals surface area contributed by atoms with Crippen LogP contribution in [0.25, 0.3) is 0 Å². The first-order valence-electron chi connectivity index (χ1n) is 3.80. The molecule has 0 aromatic rings. The van der Waals surface area contributed by atoms with Gasteiger partial charge in [0.15, 0.2) is 0 Å².